The number of carbonyl (C=O) groups is 1. The Kier molecular flexibility index (Phi) is 5.40. The van der Waals surface area contributed by atoms with Crippen LogP contribution >= 0.6 is 23.5 Å². The number of carbonyl (C=O) groups excluding carboxylic acids is 1. The van der Waals surface area contributed by atoms with Gasteiger partial charge in [-0.2, -0.15) is 23.5 Å². The number of nitrogens with one attached hydrogen (secondary N) is 1. The van der Waals surface area contributed by atoms with Crippen LogP contribution < -0.4 is 5.32 Å². The van der Waals surface area contributed by atoms with Crippen molar-refractivity contribution in [3.63, 3.8) is 0 Å². The standard InChI is InChI=1S/C17H18N2OS2/c20-16(11-14-12-21-9-10-22-14)19-17-15(7-4-8-18-17)13-5-2-1-3-6-13/h1-8,14H,9-12H2,(H,18,19,20). The first kappa shape index (κ1) is 15.4. The largest absolute Gasteiger partial charge is 0.310 e. The fraction of sp³-hybridized carbons (Fsp3) is 0.294. The summed E-state index contributed by atoms with van der Waals surface area (Å²) < 4.78 is 0. The molecule has 3 rings (SSSR count). The summed E-state index contributed by atoms with van der Waals surface area (Å²) in [4.78, 5) is 16.6. The Balaban J connectivity index is 1.71. The third kappa shape index (κ3) is 4.05. The van der Waals surface area contributed by atoms with Gasteiger partial charge in [0.15, 0.2) is 0 Å². The molecule has 0 spiro atoms. The lowest BCUT2D eigenvalue weighted by Crippen LogP contribution is -2.23. The number of pyridine rings is 1. The van der Waals surface area contributed by atoms with Crippen LogP contribution in [0.25, 0.3) is 11.1 Å². The zero-order valence-corrected chi connectivity index (χ0v) is 13.8. The van der Waals surface area contributed by atoms with Gasteiger partial charge in [-0.1, -0.05) is 30.3 Å². The van der Waals surface area contributed by atoms with Crippen molar-refractivity contribution >= 4 is 35.2 Å². The highest BCUT2D eigenvalue weighted by molar-refractivity contribution is 8.06. The lowest BCUT2D eigenvalue weighted by Gasteiger charge is -2.20. The molecule has 1 aliphatic rings. The highest BCUT2D eigenvalue weighted by atomic mass is 32.2. The minimum Gasteiger partial charge on any atom is -0.310 e. The van der Waals surface area contributed by atoms with Crippen LogP contribution in [0.15, 0.2) is 48.7 Å². The summed E-state index contributed by atoms with van der Waals surface area (Å²) in [5.41, 5.74) is 2.02. The van der Waals surface area contributed by atoms with Gasteiger partial charge in [0.05, 0.1) is 0 Å². The average molecular weight is 330 g/mol. The predicted octanol–water partition coefficient (Wildman–Crippen LogP) is 3.93. The molecule has 1 amide bonds. The van der Waals surface area contributed by atoms with Crippen LogP contribution in [-0.2, 0) is 4.79 Å². The molecular formula is C17H18N2OS2. The first-order valence-electron chi connectivity index (χ1n) is 7.32. The third-order valence-corrected chi connectivity index (χ3v) is 6.29. The molecular weight excluding hydrogens is 312 g/mol. The Morgan fingerprint density at radius 1 is 1.18 bits per heavy atom. The smallest absolute Gasteiger partial charge is 0.226 e. The van der Waals surface area contributed by atoms with Crippen molar-refractivity contribution in [2.24, 2.45) is 0 Å². The number of aromatic nitrogens is 1. The highest BCUT2D eigenvalue weighted by Gasteiger charge is 2.19. The molecule has 114 valence electrons. The van der Waals surface area contributed by atoms with Gasteiger partial charge in [-0.05, 0) is 17.7 Å². The van der Waals surface area contributed by atoms with Crippen LogP contribution in [0.4, 0.5) is 5.82 Å². The number of thioether (sulfide) groups is 2. The van der Waals surface area contributed by atoms with Crippen molar-refractivity contribution in [2.45, 2.75) is 11.7 Å². The maximum absolute atomic E-state index is 12.3. The first-order valence-corrected chi connectivity index (χ1v) is 9.53. The number of amides is 1. The van der Waals surface area contributed by atoms with Crippen molar-refractivity contribution in [3.8, 4) is 11.1 Å². The second kappa shape index (κ2) is 7.70. The Morgan fingerprint density at radius 3 is 2.82 bits per heavy atom. The number of benzene rings is 1. The highest BCUT2D eigenvalue weighted by Crippen LogP contribution is 2.28. The van der Waals surface area contributed by atoms with Gasteiger partial charge in [0, 0.05) is 40.7 Å². The molecule has 22 heavy (non-hydrogen) atoms. The van der Waals surface area contributed by atoms with Crippen LogP contribution in [0, 0.1) is 0 Å². The van der Waals surface area contributed by atoms with Crippen molar-refractivity contribution in [3.05, 3.63) is 48.7 Å². The topological polar surface area (TPSA) is 42.0 Å². The predicted molar refractivity (Wildman–Crippen MR) is 96.5 cm³/mol. The summed E-state index contributed by atoms with van der Waals surface area (Å²) in [5, 5.41) is 3.40. The second-order valence-corrected chi connectivity index (χ2v) is 7.64. The number of nitrogens with zero attached hydrogens (tertiary/aromatic N) is 1. The second-order valence-electron chi connectivity index (χ2n) is 5.09. The minimum atomic E-state index is 0.0517. The van der Waals surface area contributed by atoms with Gasteiger partial charge in [0.25, 0.3) is 0 Å². The maximum atomic E-state index is 12.3. The van der Waals surface area contributed by atoms with E-state index >= 15 is 0 Å². The molecule has 1 aromatic carbocycles. The van der Waals surface area contributed by atoms with E-state index in [0.717, 1.165) is 22.6 Å². The molecule has 2 heterocycles. The van der Waals surface area contributed by atoms with E-state index < -0.39 is 0 Å². The van der Waals surface area contributed by atoms with E-state index in [-0.39, 0.29) is 5.91 Å². The molecule has 1 aromatic heterocycles. The zero-order chi connectivity index (χ0) is 15.2. The van der Waals surface area contributed by atoms with E-state index in [4.69, 9.17) is 0 Å². The average Bonchev–Trinajstić information content (AvgIpc) is 2.57. The van der Waals surface area contributed by atoms with Gasteiger partial charge < -0.3 is 5.32 Å². The summed E-state index contributed by atoms with van der Waals surface area (Å²) in [7, 11) is 0. The van der Waals surface area contributed by atoms with Gasteiger partial charge in [-0.25, -0.2) is 4.98 Å². The lowest BCUT2D eigenvalue weighted by atomic mass is 10.1. The van der Waals surface area contributed by atoms with Gasteiger partial charge >= 0.3 is 0 Å². The van der Waals surface area contributed by atoms with Crippen molar-refractivity contribution in [1.29, 1.82) is 0 Å². The van der Waals surface area contributed by atoms with E-state index in [1.807, 2.05) is 66.0 Å². The van der Waals surface area contributed by atoms with Gasteiger partial charge in [0.1, 0.15) is 5.82 Å². The molecule has 0 aliphatic carbocycles. The number of anilines is 1. The van der Waals surface area contributed by atoms with Crippen LogP contribution in [0.3, 0.4) is 0 Å². The Labute approximate surface area is 139 Å². The molecule has 0 radical (unpaired) electrons. The van der Waals surface area contributed by atoms with E-state index in [1.54, 1.807) is 6.20 Å². The molecule has 2 aromatic rings. The molecule has 1 N–H and O–H groups in total. The molecule has 1 aliphatic heterocycles. The minimum absolute atomic E-state index is 0.0517. The molecule has 1 saturated heterocycles. The van der Waals surface area contributed by atoms with Gasteiger partial charge in [-0.3, -0.25) is 4.79 Å². The summed E-state index contributed by atoms with van der Waals surface area (Å²) in [5.74, 6) is 4.09. The third-order valence-electron chi connectivity index (χ3n) is 3.45. The van der Waals surface area contributed by atoms with E-state index in [2.05, 4.69) is 10.3 Å². The van der Waals surface area contributed by atoms with E-state index in [1.165, 1.54) is 5.75 Å². The molecule has 3 nitrogen and oxygen atoms in total. The SMILES string of the molecule is O=C(CC1CSCCS1)Nc1ncccc1-c1ccccc1. The number of hydrogen-bond acceptors (Lipinski definition) is 4. The van der Waals surface area contributed by atoms with Gasteiger partial charge in [-0.15, -0.1) is 0 Å². The molecule has 1 atom stereocenters. The normalized spacial score (nSPS) is 17.9. The number of rotatable bonds is 4. The summed E-state index contributed by atoms with van der Waals surface area (Å²) >= 11 is 3.84. The quantitative estimate of drug-likeness (QED) is 0.922. The first-order chi connectivity index (χ1) is 10.8. The Morgan fingerprint density at radius 2 is 2.05 bits per heavy atom. The van der Waals surface area contributed by atoms with E-state index in [0.29, 0.717) is 17.5 Å². The van der Waals surface area contributed by atoms with Crippen molar-refractivity contribution in [2.75, 3.05) is 22.6 Å². The number of hydrogen-bond donors (Lipinski definition) is 1. The van der Waals surface area contributed by atoms with Crippen LogP contribution in [0.2, 0.25) is 0 Å². The van der Waals surface area contributed by atoms with Crippen LogP contribution in [0.5, 0.6) is 0 Å². The molecule has 1 fully saturated rings. The summed E-state index contributed by atoms with van der Waals surface area (Å²) in [6.07, 6.45) is 2.27. The summed E-state index contributed by atoms with van der Waals surface area (Å²) in [6, 6.07) is 13.9. The van der Waals surface area contributed by atoms with Crippen molar-refractivity contribution in [1.82, 2.24) is 4.98 Å². The zero-order valence-electron chi connectivity index (χ0n) is 12.2. The van der Waals surface area contributed by atoms with Crippen LogP contribution in [0.1, 0.15) is 6.42 Å². The lowest BCUT2D eigenvalue weighted by molar-refractivity contribution is -0.116. The Hall–Kier alpha value is -1.46. The van der Waals surface area contributed by atoms with E-state index in [9.17, 15) is 4.79 Å². The fourth-order valence-corrected chi connectivity index (χ4v) is 5.08. The molecule has 0 saturated carbocycles. The summed E-state index contributed by atoms with van der Waals surface area (Å²) in [6.45, 7) is 0. The van der Waals surface area contributed by atoms with Gasteiger partial charge in [0.2, 0.25) is 5.91 Å². The maximum Gasteiger partial charge on any atom is 0.226 e. The molecule has 1 unspecified atom stereocenters. The Bertz CT molecular complexity index is 628. The monoisotopic (exact) mass is 330 g/mol. The fourth-order valence-electron chi connectivity index (χ4n) is 2.40. The van der Waals surface area contributed by atoms with Crippen molar-refractivity contribution < 1.29 is 4.79 Å². The van der Waals surface area contributed by atoms with Crippen LogP contribution in [-0.4, -0.2) is 33.4 Å². The molecule has 5 heteroatoms. The molecule has 0 bridgehead atoms.